The second kappa shape index (κ2) is 29.4. The van der Waals surface area contributed by atoms with Crippen molar-refractivity contribution < 1.29 is 9.31 Å². The van der Waals surface area contributed by atoms with Gasteiger partial charge in [-0.2, -0.15) is 0 Å². The SMILES string of the molecule is Brc1cccc(-c2cccc(-n3c4ccccc4c4ccccc43)c2)c1.CC1(C)OB(c2cccc3c2sc2c(-c4ccc5c6ccccc6c6ccccc6c5c4)cccc23)OC1(C)C.c1cc(-c2cccc(-n3c4ccccc4c4ccccc43)c2)cc(-c2cccc3c2sc2c(-c4ccc5c6ccccc6c6ccccc6c5c4)cccc23)c1. The summed E-state index contributed by atoms with van der Waals surface area (Å²) < 4.78 is 24.0. The van der Waals surface area contributed by atoms with Crippen molar-refractivity contribution in [2.75, 3.05) is 0 Å². The third kappa shape index (κ3) is 12.2. The lowest BCUT2D eigenvalue weighted by atomic mass is 9.78. The normalized spacial score (nSPS) is 13.3. The summed E-state index contributed by atoms with van der Waals surface area (Å²) >= 11 is 7.34. The van der Waals surface area contributed by atoms with Crippen molar-refractivity contribution in [3.63, 3.8) is 0 Å². The van der Waals surface area contributed by atoms with E-state index < -0.39 is 0 Å². The first kappa shape index (κ1) is 73.6. The van der Waals surface area contributed by atoms with Crippen molar-refractivity contribution in [1.29, 1.82) is 0 Å². The molecule has 4 nitrogen and oxygen atoms in total. The lowest BCUT2D eigenvalue weighted by molar-refractivity contribution is 0.00578. The van der Waals surface area contributed by atoms with Crippen LogP contribution in [-0.2, 0) is 9.31 Å². The minimum atomic E-state index is -0.384. The molecular formula is C114H78BBrN2O2S2. The van der Waals surface area contributed by atoms with Gasteiger partial charge in [0, 0.05) is 77.8 Å². The van der Waals surface area contributed by atoms with Gasteiger partial charge < -0.3 is 18.4 Å². The van der Waals surface area contributed by atoms with E-state index in [4.69, 9.17) is 9.31 Å². The summed E-state index contributed by atoms with van der Waals surface area (Å²) in [6.45, 7) is 8.46. The predicted molar refractivity (Wildman–Crippen MR) is 529 cm³/mol. The van der Waals surface area contributed by atoms with E-state index >= 15 is 0 Å². The smallest absolute Gasteiger partial charge is 0.399 e. The van der Waals surface area contributed by atoms with Crippen LogP contribution in [0.5, 0.6) is 0 Å². The summed E-state index contributed by atoms with van der Waals surface area (Å²) in [7, 11) is -0.384. The Morgan fingerprint density at radius 1 is 0.221 bits per heavy atom. The Balaban J connectivity index is 0.000000114. The van der Waals surface area contributed by atoms with Gasteiger partial charge in [0.05, 0.1) is 33.3 Å². The van der Waals surface area contributed by atoms with Gasteiger partial charge in [-0.3, -0.25) is 0 Å². The largest absolute Gasteiger partial charge is 0.496 e. The Hall–Kier alpha value is -13.5. The Morgan fingerprint density at radius 3 is 0.877 bits per heavy atom. The number of hydrogen-bond donors (Lipinski definition) is 0. The molecule has 1 aliphatic rings. The molecule has 0 aliphatic carbocycles. The molecule has 25 rings (SSSR count). The highest BCUT2D eigenvalue weighted by Crippen LogP contribution is 2.49. The topological polar surface area (TPSA) is 28.3 Å². The molecule has 122 heavy (non-hydrogen) atoms. The fraction of sp³-hybridized carbons (Fsp3) is 0.0526. The number of para-hydroxylation sites is 4. The predicted octanol–water partition coefficient (Wildman–Crippen LogP) is 32.3. The summed E-state index contributed by atoms with van der Waals surface area (Å²) in [6, 6.07) is 146. The van der Waals surface area contributed by atoms with Gasteiger partial charge in [0.1, 0.15) is 0 Å². The van der Waals surface area contributed by atoms with E-state index in [0.29, 0.717) is 0 Å². The molecular weight excluding hydrogens is 1580 g/mol. The molecule has 8 heteroatoms. The average Bonchev–Trinajstić information content (AvgIpc) is 1.39. The van der Waals surface area contributed by atoms with Crippen LogP contribution in [0.4, 0.5) is 0 Å². The summed E-state index contributed by atoms with van der Waals surface area (Å²) in [4.78, 5) is 0. The van der Waals surface area contributed by atoms with Crippen molar-refractivity contribution in [3.8, 4) is 67.0 Å². The maximum atomic E-state index is 6.48. The molecule has 20 aromatic carbocycles. The van der Waals surface area contributed by atoms with E-state index in [1.165, 1.54) is 216 Å². The van der Waals surface area contributed by atoms with Crippen LogP contribution in [0.2, 0.25) is 0 Å². The standard InChI is InChI=1S/C54H33NS.C36H29BO2S.C24H16BrN/c1-2-19-43-41(17-1)42-18-3-4-20-44(42)50-33-37(29-30-45(43)50)40-24-12-26-49-48-25-11-23-39(53(48)56-54(40)49)36-15-9-13-34(31-36)35-14-10-16-38(32-35)55-51-27-7-5-21-46(51)47-22-6-8-28-52(47)55;1-35(2)36(3,4)39-37(38-35)32-18-10-17-30-29-16-9-15-23(33(29)40-34(30)32)22-19-20-28-26-13-6-5-11-24(26)25-12-7-8-14-27(25)31(28)21-22;25-19-9-5-7-17(15-19)18-8-6-10-20(16-18)26-23-13-3-1-11-21(23)22-12-2-4-14-24(22)26/h1-33H;5-21H,1-4H3;1-16H. The van der Waals surface area contributed by atoms with Crippen LogP contribution in [0.25, 0.3) is 216 Å². The van der Waals surface area contributed by atoms with E-state index in [-0.39, 0.29) is 18.3 Å². The third-order valence-corrected chi connectivity index (χ3v) is 28.8. The number of benzene rings is 20. The van der Waals surface area contributed by atoms with E-state index in [1.807, 2.05) is 22.7 Å². The van der Waals surface area contributed by atoms with Gasteiger partial charge in [-0.1, -0.05) is 337 Å². The molecule has 0 saturated carbocycles. The molecule has 0 atom stereocenters. The Bertz CT molecular complexity index is 8220. The van der Waals surface area contributed by atoms with Gasteiger partial charge in [0.15, 0.2) is 0 Å². The van der Waals surface area contributed by atoms with E-state index in [9.17, 15) is 0 Å². The molecule has 0 unspecified atom stereocenters. The number of aromatic nitrogens is 2. The molecule has 24 aromatic rings. The number of halogens is 1. The molecule has 1 saturated heterocycles. The van der Waals surface area contributed by atoms with E-state index in [1.54, 1.807) is 0 Å². The first-order valence-corrected chi connectivity index (χ1v) is 44.3. The van der Waals surface area contributed by atoms with Crippen molar-refractivity contribution in [2.45, 2.75) is 38.9 Å². The van der Waals surface area contributed by atoms with Crippen LogP contribution in [0.3, 0.4) is 0 Å². The first-order chi connectivity index (χ1) is 59.9. The van der Waals surface area contributed by atoms with Gasteiger partial charge in [0.2, 0.25) is 0 Å². The number of thiophene rings is 2. The van der Waals surface area contributed by atoms with Crippen LogP contribution in [-0.4, -0.2) is 27.5 Å². The average molecular weight is 1660 g/mol. The Morgan fingerprint density at radius 2 is 0.492 bits per heavy atom. The Labute approximate surface area is 723 Å². The lowest BCUT2D eigenvalue weighted by Crippen LogP contribution is -2.41. The number of hydrogen-bond acceptors (Lipinski definition) is 4. The minimum absolute atomic E-state index is 0.375. The minimum Gasteiger partial charge on any atom is -0.399 e. The molecule has 1 aliphatic heterocycles. The van der Waals surface area contributed by atoms with E-state index in [0.717, 1.165) is 9.94 Å². The molecule has 5 heterocycles. The summed E-state index contributed by atoms with van der Waals surface area (Å²) in [5, 5.41) is 25.9. The molecule has 0 amide bonds. The molecule has 0 N–H and O–H groups in total. The maximum Gasteiger partial charge on any atom is 0.496 e. The van der Waals surface area contributed by atoms with Gasteiger partial charge >= 0.3 is 7.12 Å². The van der Waals surface area contributed by atoms with Crippen LogP contribution < -0.4 is 5.46 Å². The molecule has 4 aromatic heterocycles. The molecule has 578 valence electrons. The quantitative estimate of drug-likeness (QED) is 0.112. The zero-order valence-electron chi connectivity index (χ0n) is 67.6. The van der Waals surface area contributed by atoms with Crippen molar-refractivity contribution in [2.24, 2.45) is 0 Å². The van der Waals surface area contributed by atoms with Crippen LogP contribution in [0, 0.1) is 0 Å². The zero-order valence-corrected chi connectivity index (χ0v) is 70.8. The van der Waals surface area contributed by atoms with Crippen LogP contribution in [0.15, 0.2) is 405 Å². The molecule has 0 spiro atoms. The summed E-state index contributed by atoms with van der Waals surface area (Å²) in [5.74, 6) is 0. The first-order valence-electron chi connectivity index (χ1n) is 41.9. The van der Waals surface area contributed by atoms with Crippen molar-refractivity contribution >= 4 is 200 Å². The van der Waals surface area contributed by atoms with Crippen LogP contribution in [0.1, 0.15) is 27.7 Å². The molecule has 1 fully saturated rings. The highest BCUT2D eigenvalue weighted by atomic mass is 79.9. The fourth-order valence-corrected chi connectivity index (χ4v) is 22.4. The molecule has 0 bridgehead atoms. The Kier molecular flexibility index (Phi) is 17.7. The highest BCUT2D eigenvalue weighted by Gasteiger charge is 2.52. The van der Waals surface area contributed by atoms with Gasteiger partial charge in [-0.25, -0.2) is 0 Å². The maximum absolute atomic E-state index is 6.48. The number of nitrogens with zero attached hydrogens (tertiary/aromatic N) is 2. The third-order valence-electron chi connectivity index (χ3n) is 25.7. The number of fused-ring (bicyclic) bond motifs is 24. The lowest BCUT2D eigenvalue weighted by Gasteiger charge is -2.32. The monoisotopic (exact) mass is 1660 g/mol. The van der Waals surface area contributed by atoms with E-state index in [2.05, 4.69) is 453 Å². The fourth-order valence-electron chi connectivity index (χ4n) is 19.2. The van der Waals surface area contributed by atoms with Gasteiger partial charge in [-0.05, 0) is 232 Å². The summed E-state index contributed by atoms with van der Waals surface area (Å²) in [5.41, 5.74) is 20.0. The van der Waals surface area contributed by atoms with Gasteiger partial charge in [0.25, 0.3) is 0 Å². The second-order valence-electron chi connectivity index (χ2n) is 33.2. The molecule has 0 radical (unpaired) electrons. The summed E-state index contributed by atoms with van der Waals surface area (Å²) in [6.07, 6.45) is 0. The second-order valence-corrected chi connectivity index (χ2v) is 36.2. The van der Waals surface area contributed by atoms with Gasteiger partial charge in [-0.15, -0.1) is 22.7 Å². The van der Waals surface area contributed by atoms with Crippen molar-refractivity contribution in [1.82, 2.24) is 9.13 Å². The highest BCUT2D eigenvalue weighted by molar-refractivity contribution is 9.10. The van der Waals surface area contributed by atoms with Crippen LogP contribution >= 0.6 is 38.6 Å². The number of rotatable bonds is 8. The van der Waals surface area contributed by atoms with Crippen molar-refractivity contribution in [3.05, 3.63) is 405 Å². The zero-order chi connectivity index (χ0) is 81.5.